The number of hydrogen-bond acceptors (Lipinski definition) is 4. The number of benzene rings is 2. The lowest BCUT2D eigenvalue weighted by molar-refractivity contribution is 0.410. The van der Waals surface area contributed by atoms with Gasteiger partial charge in [0, 0.05) is 23.5 Å². The zero-order chi connectivity index (χ0) is 22.6. The quantitative estimate of drug-likeness (QED) is 0.497. The predicted octanol–water partition coefficient (Wildman–Crippen LogP) is 4.61. The molecule has 162 valence electrons. The van der Waals surface area contributed by atoms with Gasteiger partial charge in [-0.3, -0.25) is 4.79 Å². The van der Waals surface area contributed by atoms with Gasteiger partial charge >= 0.3 is 0 Å². The van der Waals surface area contributed by atoms with E-state index in [1.165, 1.54) is 7.11 Å². The van der Waals surface area contributed by atoms with Gasteiger partial charge in [0.15, 0.2) is 11.2 Å². The van der Waals surface area contributed by atoms with Gasteiger partial charge in [-0.25, -0.2) is 4.39 Å². The molecule has 0 radical (unpaired) electrons. The number of nitrogens with one attached hydrogen (secondary N) is 2. The number of aromatic nitrogens is 2. The normalized spacial score (nSPS) is 14.3. The van der Waals surface area contributed by atoms with Gasteiger partial charge in [-0.2, -0.15) is 5.26 Å². The van der Waals surface area contributed by atoms with Crippen molar-refractivity contribution < 1.29 is 9.13 Å². The zero-order valence-electron chi connectivity index (χ0n) is 18.2. The monoisotopic (exact) mass is 430 g/mol. The number of methoxy groups -OCH3 is 1. The van der Waals surface area contributed by atoms with Gasteiger partial charge in [-0.05, 0) is 50.6 Å². The third-order valence-corrected chi connectivity index (χ3v) is 6.19. The highest BCUT2D eigenvalue weighted by molar-refractivity contribution is 6.10. The molecule has 7 heteroatoms. The van der Waals surface area contributed by atoms with E-state index in [-0.39, 0.29) is 22.4 Å². The van der Waals surface area contributed by atoms with Gasteiger partial charge < -0.3 is 19.6 Å². The van der Waals surface area contributed by atoms with Gasteiger partial charge in [0.1, 0.15) is 11.4 Å². The lowest BCUT2D eigenvalue weighted by Gasteiger charge is -2.22. The van der Waals surface area contributed by atoms with Crippen molar-refractivity contribution in [2.45, 2.75) is 26.3 Å². The van der Waals surface area contributed by atoms with Crippen LogP contribution in [-0.2, 0) is 0 Å². The summed E-state index contributed by atoms with van der Waals surface area (Å²) in [5.41, 5.74) is 3.01. The van der Waals surface area contributed by atoms with Crippen LogP contribution in [0.1, 0.15) is 37.4 Å². The number of nitriles is 1. The summed E-state index contributed by atoms with van der Waals surface area (Å²) in [6.45, 7) is 5.34. The van der Waals surface area contributed by atoms with E-state index in [0.717, 1.165) is 12.1 Å². The molecular formula is C25H23FN4O2. The molecule has 0 saturated carbocycles. The smallest absolute Gasteiger partial charge is 0.199 e. The summed E-state index contributed by atoms with van der Waals surface area (Å²) in [6, 6.07) is 8.84. The molecule has 4 aromatic rings. The summed E-state index contributed by atoms with van der Waals surface area (Å²) in [5, 5.41) is 14.0. The van der Waals surface area contributed by atoms with E-state index in [4.69, 9.17) is 4.74 Å². The second kappa shape index (κ2) is 7.50. The fraction of sp³-hybridized carbons (Fsp3) is 0.280. The Hall–Kier alpha value is -3.63. The Kier molecular flexibility index (Phi) is 4.75. The molecule has 0 saturated heterocycles. The molecule has 32 heavy (non-hydrogen) atoms. The number of pyridine rings is 1. The average molecular weight is 430 g/mol. The Labute approximate surface area is 183 Å². The summed E-state index contributed by atoms with van der Waals surface area (Å²) in [5.74, 6) is -0.0851. The van der Waals surface area contributed by atoms with Crippen LogP contribution < -0.4 is 15.5 Å². The second-order valence-electron chi connectivity index (χ2n) is 8.36. The van der Waals surface area contributed by atoms with E-state index in [1.807, 2.05) is 24.5 Å². The highest BCUT2D eigenvalue weighted by Gasteiger charge is 2.26. The van der Waals surface area contributed by atoms with E-state index in [2.05, 4.69) is 16.4 Å². The van der Waals surface area contributed by atoms with Crippen LogP contribution in [0.2, 0.25) is 0 Å². The third-order valence-electron chi connectivity index (χ3n) is 6.19. The minimum atomic E-state index is -0.448. The molecule has 3 heterocycles. The van der Waals surface area contributed by atoms with E-state index in [0.29, 0.717) is 51.8 Å². The Morgan fingerprint density at radius 3 is 2.72 bits per heavy atom. The number of aromatic amines is 1. The van der Waals surface area contributed by atoms with Crippen LogP contribution in [0.3, 0.4) is 0 Å². The maximum Gasteiger partial charge on any atom is 0.199 e. The third kappa shape index (κ3) is 2.84. The number of H-pyrrole nitrogens is 1. The van der Waals surface area contributed by atoms with Crippen molar-refractivity contribution >= 4 is 38.4 Å². The predicted molar refractivity (Wildman–Crippen MR) is 125 cm³/mol. The van der Waals surface area contributed by atoms with Gasteiger partial charge in [-0.1, -0.05) is 12.1 Å². The lowest BCUT2D eigenvalue weighted by Crippen LogP contribution is -2.21. The molecule has 0 aliphatic carbocycles. The molecule has 1 aliphatic heterocycles. The van der Waals surface area contributed by atoms with Crippen molar-refractivity contribution in [1.29, 1.82) is 5.26 Å². The first-order valence-electron chi connectivity index (χ1n) is 10.7. The number of halogens is 1. The lowest BCUT2D eigenvalue weighted by atomic mass is 9.96. The minimum Gasteiger partial charge on any atom is -0.496 e. The molecule has 2 aromatic carbocycles. The topological polar surface area (TPSA) is 82.8 Å². The number of ether oxygens (including phenoxy) is 1. The largest absolute Gasteiger partial charge is 0.496 e. The minimum absolute atomic E-state index is 0.123. The van der Waals surface area contributed by atoms with Crippen molar-refractivity contribution in [1.82, 2.24) is 14.9 Å². The Morgan fingerprint density at radius 2 is 2.06 bits per heavy atom. The Balaban J connectivity index is 2.00. The Bertz CT molecular complexity index is 1540. The van der Waals surface area contributed by atoms with Gasteiger partial charge in [0.25, 0.3) is 0 Å². The Morgan fingerprint density at radius 1 is 1.25 bits per heavy atom. The summed E-state index contributed by atoms with van der Waals surface area (Å²) in [6.07, 6.45) is 2.65. The molecule has 5 rings (SSSR count). The molecule has 2 aromatic heterocycles. The second-order valence-corrected chi connectivity index (χ2v) is 8.36. The van der Waals surface area contributed by atoms with Crippen molar-refractivity contribution in [3.63, 3.8) is 0 Å². The zero-order valence-corrected chi connectivity index (χ0v) is 18.2. The molecule has 2 N–H and O–H groups in total. The van der Waals surface area contributed by atoms with Crippen LogP contribution in [-0.4, -0.2) is 29.8 Å². The highest BCUT2D eigenvalue weighted by atomic mass is 19.1. The molecule has 0 bridgehead atoms. The summed E-state index contributed by atoms with van der Waals surface area (Å²) in [4.78, 5) is 16.9. The molecule has 0 fully saturated rings. The molecule has 0 amide bonds. The first kappa shape index (κ1) is 20.3. The average Bonchev–Trinajstić information content (AvgIpc) is 3.18. The van der Waals surface area contributed by atoms with E-state index >= 15 is 4.39 Å². The van der Waals surface area contributed by atoms with Crippen LogP contribution in [0.15, 0.2) is 35.1 Å². The van der Waals surface area contributed by atoms with Gasteiger partial charge in [-0.15, -0.1) is 0 Å². The number of nitrogens with zero attached hydrogens (tertiary/aromatic N) is 2. The van der Waals surface area contributed by atoms with Crippen LogP contribution >= 0.6 is 0 Å². The standard InChI is InChI=1S/C25H23FN4O2/c1-13(2)30-23-17(11-19(32-3)20(22(23)26)15-6-8-28-9-7-15)24(31)21-16-5-4-14(12-27)10-18(16)29-25(21)30/h4-6,10-11,13,28-29H,7-9H2,1-3H3. The van der Waals surface area contributed by atoms with Gasteiger partial charge in [0.05, 0.1) is 40.6 Å². The maximum absolute atomic E-state index is 16.2. The summed E-state index contributed by atoms with van der Waals surface area (Å²) in [7, 11) is 1.50. The first-order valence-corrected chi connectivity index (χ1v) is 10.7. The van der Waals surface area contributed by atoms with Crippen LogP contribution in [0.5, 0.6) is 5.75 Å². The van der Waals surface area contributed by atoms with Crippen molar-refractivity contribution in [3.8, 4) is 11.8 Å². The summed E-state index contributed by atoms with van der Waals surface area (Å²) >= 11 is 0. The fourth-order valence-electron chi connectivity index (χ4n) is 4.76. The SMILES string of the molecule is COc1cc2c(=O)c3c4ccc(C#N)cc4[nH]c3n(C(C)C)c2c(F)c1C1=CCNCC1. The van der Waals surface area contributed by atoms with E-state index < -0.39 is 5.82 Å². The molecule has 0 atom stereocenters. The highest BCUT2D eigenvalue weighted by Crippen LogP contribution is 2.38. The number of hydrogen-bond donors (Lipinski definition) is 2. The van der Waals surface area contributed by atoms with Crippen LogP contribution in [0.4, 0.5) is 4.39 Å². The molecule has 6 nitrogen and oxygen atoms in total. The molecule has 1 aliphatic rings. The number of rotatable bonds is 3. The van der Waals surface area contributed by atoms with Crippen LogP contribution in [0, 0.1) is 17.1 Å². The van der Waals surface area contributed by atoms with Gasteiger partial charge in [0.2, 0.25) is 0 Å². The molecular weight excluding hydrogens is 407 g/mol. The molecule has 0 spiro atoms. The van der Waals surface area contributed by atoms with E-state index in [9.17, 15) is 10.1 Å². The maximum atomic E-state index is 16.2. The van der Waals surface area contributed by atoms with Crippen molar-refractivity contribution in [2.24, 2.45) is 0 Å². The van der Waals surface area contributed by atoms with E-state index in [1.54, 1.807) is 24.3 Å². The molecule has 0 unspecified atom stereocenters. The summed E-state index contributed by atoms with van der Waals surface area (Å²) < 4.78 is 23.7. The van der Waals surface area contributed by atoms with Crippen molar-refractivity contribution in [2.75, 3.05) is 20.2 Å². The first-order chi connectivity index (χ1) is 15.5. The number of fused-ring (bicyclic) bond motifs is 4. The van der Waals surface area contributed by atoms with Crippen molar-refractivity contribution in [3.05, 3.63) is 57.5 Å². The fourth-order valence-corrected chi connectivity index (χ4v) is 4.76. The van der Waals surface area contributed by atoms with Crippen LogP contribution in [0.25, 0.3) is 38.4 Å².